The van der Waals surface area contributed by atoms with Gasteiger partial charge in [0.2, 0.25) is 0 Å². The normalized spacial score (nSPS) is 4.20. The minimum Gasteiger partial charge on any atom is -0.304 e. The van der Waals surface area contributed by atoms with Gasteiger partial charge in [-0.3, -0.25) is 4.79 Å². The van der Waals surface area contributed by atoms with E-state index in [9.17, 15) is 0 Å². The van der Waals surface area contributed by atoms with Crippen LogP contribution in [0.1, 0.15) is 0 Å². The quantitative estimate of drug-likeness (QED) is 0.226. The summed E-state index contributed by atoms with van der Waals surface area (Å²) in [6.45, 7) is -0.0694. The van der Waals surface area contributed by atoms with E-state index in [2.05, 4.69) is 4.89 Å². The van der Waals surface area contributed by atoms with E-state index >= 15 is 0 Å². The van der Waals surface area contributed by atoms with Crippen LogP contribution in [0.15, 0.2) is 0 Å². The number of rotatable bonds is 1. The van der Waals surface area contributed by atoms with Crippen molar-refractivity contribution in [2.45, 2.75) is 0 Å². The molecule has 0 atom stereocenters. The molecular weight excluding hydrogens is 125 g/mol. The standard InChI is InChI=1S/CH2O3.Zn/c2-1-4-3;/h1,3H;. The van der Waals surface area contributed by atoms with Gasteiger partial charge in [0, 0.05) is 19.5 Å². The Labute approximate surface area is 41.6 Å². The molecule has 0 amide bonds. The molecule has 0 aliphatic carbocycles. The van der Waals surface area contributed by atoms with Crippen LogP contribution >= 0.6 is 0 Å². The monoisotopic (exact) mass is 126 g/mol. The van der Waals surface area contributed by atoms with Crippen molar-refractivity contribution in [3.8, 4) is 0 Å². The summed E-state index contributed by atoms with van der Waals surface area (Å²) >= 11 is 0. The topological polar surface area (TPSA) is 46.5 Å². The minimum atomic E-state index is -0.0694. The van der Waals surface area contributed by atoms with Gasteiger partial charge in [0.25, 0.3) is 0 Å². The fraction of sp³-hybridized carbons (Fsp3) is 0. The third kappa shape index (κ3) is 15.4. The zero-order chi connectivity index (χ0) is 3.41. The first-order valence-corrected chi connectivity index (χ1v) is 0.654. The van der Waals surface area contributed by atoms with Gasteiger partial charge in [-0.1, -0.05) is 0 Å². The van der Waals surface area contributed by atoms with Crippen LogP contribution in [0.2, 0.25) is 0 Å². The van der Waals surface area contributed by atoms with Crippen molar-refractivity contribution in [1.82, 2.24) is 0 Å². The molecule has 26 valence electrons. The molecule has 0 aromatic carbocycles. The zero-order valence-corrected chi connectivity index (χ0v) is 5.52. The summed E-state index contributed by atoms with van der Waals surface area (Å²) in [4.78, 5) is 11.6. The molecule has 0 spiro atoms. The fourth-order valence-electron chi connectivity index (χ4n) is 0. The molecule has 0 radical (unpaired) electrons. The maximum Gasteiger partial charge on any atom is 0.330 e. The first-order chi connectivity index (χ1) is 1.91. The van der Waals surface area contributed by atoms with E-state index < -0.39 is 0 Å². The second-order valence-electron chi connectivity index (χ2n) is 0.202. The van der Waals surface area contributed by atoms with Crippen LogP contribution < -0.4 is 0 Å². The van der Waals surface area contributed by atoms with E-state index in [1.807, 2.05) is 0 Å². The Balaban J connectivity index is 0. The SMILES string of the molecule is O=COO.[Zn]. The van der Waals surface area contributed by atoms with E-state index in [0.717, 1.165) is 0 Å². The summed E-state index contributed by atoms with van der Waals surface area (Å²) in [5.41, 5.74) is 0. The Kier molecular flexibility index (Phi) is 16.0. The van der Waals surface area contributed by atoms with E-state index in [-0.39, 0.29) is 26.0 Å². The molecule has 0 unspecified atom stereocenters. The van der Waals surface area contributed by atoms with Crippen LogP contribution in [0.3, 0.4) is 0 Å². The summed E-state index contributed by atoms with van der Waals surface area (Å²) in [5, 5.41) is 7.01. The number of hydrogen-bond acceptors (Lipinski definition) is 3. The van der Waals surface area contributed by atoms with Gasteiger partial charge in [0.05, 0.1) is 0 Å². The van der Waals surface area contributed by atoms with Crippen molar-refractivity contribution in [2.75, 3.05) is 0 Å². The van der Waals surface area contributed by atoms with Gasteiger partial charge >= 0.3 is 6.47 Å². The van der Waals surface area contributed by atoms with Gasteiger partial charge in [-0.25, -0.2) is 5.26 Å². The van der Waals surface area contributed by atoms with Crippen molar-refractivity contribution in [2.24, 2.45) is 0 Å². The van der Waals surface area contributed by atoms with Crippen LogP contribution in [0.5, 0.6) is 0 Å². The van der Waals surface area contributed by atoms with E-state index in [4.69, 9.17) is 10.1 Å². The molecule has 0 aliphatic rings. The van der Waals surface area contributed by atoms with Crippen molar-refractivity contribution < 1.29 is 34.4 Å². The molecule has 5 heavy (non-hydrogen) atoms. The predicted molar refractivity (Wildman–Crippen MR) is 9.78 cm³/mol. The van der Waals surface area contributed by atoms with E-state index in [0.29, 0.717) is 0 Å². The Morgan fingerprint density at radius 2 is 2.00 bits per heavy atom. The maximum atomic E-state index is 8.70. The molecule has 0 bridgehead atoms. The van der Waals surface area contributed by atoms with Crippen LogP contribution in [0.25, 0.3) is 0 Å². The summed E-state index contributed by atoms with van der Waals surface area (Å²) in [6.07, 6.45) is 0. The van der Waals surface area contributed by atoms with E-state index in [1.54, 1.807) is 0 Å². The average Bonchev–Trinajstić information content (AvgIpc) is 1.37. The number of carbonyl (C=O) groups is 1. The Morgan fingerprint density at radius 3 is 2.00 bits per heavy atom. The Morgan fingerprint density at radius 1 is 1.80 bits per heavy atom. The third-order valence-electron chi connectivity index (χ3n) is 0.0430. The molecular formula is CH2O3Zn. The molecule has 0 rings (SSSR count). The molecule has 0 fully saturated rings. The predicted octanol–water partition coefficient (Wildman–Crippen LogP) is -0.370. The first-order valence-electron chi connectivity index (χ1n) is 0.654. The third-order valence-corrected chi connectivity index (χ3v) is 0.0430. The summed E-state index contributed by atoms with van der Waals surface area (Å²) in [7, 11) is 0. The summed E-state index contributed by atoms with van der Waals surface area (Å²) in [5.74, 6) is 0. The Bertz CT molecular complexity index is 20.9. The van der Waals surface area contributed by atoms with Crippen LogP contribution in [-0.2, 0) is 29.2 Å². The smallest absolute Gasteiger partial charge is 0.304 e. The number of hydrogen-bond donors (Lipinski definition) is 1. The molecule has 3 nitrogen and oxygen atoms in total. The fourth-order valence-corrected chi connectivity index (χ4v) is 0. The van der Waals surface area contributed by atoms with Gasteiger partial charge < -0.3 is 4.89 Å². The van der Waals surface area contributed by atoms with Crippen molar-refractivity contribution in [3.63, 3.8) is 0 Å². The second kappa shape index (κ2) is 8.96. The van der Waals surface area contributed by atoms with Gasteiger partial charge in [-0.2, -0.15) is 0 Å². The Hall–Kier alpha value is 0.0534. The molecule has 0 aromatic rings. The molecule has 0 aromatic heterocycles. The molecule has 1 N–H and O–H groups in total. The minimum absolute atomic E-state index is 0. The molecule has 0 aliphatic heterocycles. The zero-order valence-electron chi connectivity index (χ0n) is 2.55. The van der Waals surface area contributed by atoms with Crippen molar-refractivity contribution in [1.29, 1.82) is 0 Å². The second-order valence-corrected chi connectivity index (χ2v) is 0.202. The van der Waals surface area contributed by atoms with Gasteiger partial charge in [-0.05, 0) is 0 Å². The van der Waals surface area contributed by atoms with Gasteiger partial charge in [0.1, 0.15) is 0 Å². The van der Waals surface area contributed by atoms with Crippen LogP contribution in [0, 0.1) is 0 Å². The number of carbonyl (C=O) groups excluding carboxylic acids is 1. The summed E-state index contributed by atoms with van der Waals surface area (Å²) < 4.78 is 0. The maximum absolute atomic E-state index is 8.70. The van der Waals surface area contributed by atoms with Crippen molar-refractivity contribution >= 4 is 6.47 Å². The van der Waals surface area contributed by atoms with Gasteiger partial charge in [-0.15, -0.1) is 0 Å². The molecule has 4 heteroatoms. The molecule has 0 saturated carbocycles. The first kappa shape index (κ1) is 8.91. The van der Waals surface area contributed by atoms with E-state index in [1.165, 1.54) is 0 Å². The van der Waals surface area contributed by atoms with Crippen molar-refractivity contribution in [3.05, 3.63) is 0 Å². The van der Waals surface area contributed by atoms with Crippen LogP contribution in [-0.4, -0.2) is 11.7 Å². The van der Waals surface area contributed by atoms with Gasteiger partial charge in [0.15, 0.2) is 0 Å². The molecule has 0 heterocycles. The summed E-state index contributed by atoms with van der Waals surface area (Å²) in [6, 6.07) is 0. The molecule has 0 saturated heterocycles. The van der Waals surface area contributed by atoms with Crippen LogP contribution in [0.4, 0.5) is 0 Å². The largest absolute Gasteiger partial charge is 0.330 e. The average molecular weight is 127 g/mol.